The lowest BCUT2D eigenvalue weighted by Crippen LogP contribution is -2.44. The van der Waals surface area contributed by atoms with E-state index in [1.165, 1.54) is 31.9 Å². The number of hydrogen-bond acceptors (Lipinski definition) is 6. The number of esters is 1. The van der Waals surface area contributed by atoms with E-state index in [4.69, 9.17) is 9.47 Å². The average molecular weight is 430 g/mol. The van der Waals surface area contributed by atoms with Crippen molar-refractivity contribution in [2.45, 2.75) is 13.0 Å². The van der Waals surface area contributed by atoms with Gasteiger partial charge in [-0.15, -0.1) is 0 Å². The zero-order valence-electron chi connectivity index (χ0n) is 17.0. The molecule has 30 heavy (non-hydrogen) atoms. The Kier molecular flexibility index (Phi) is 5.84. The highest BCUT2D eigenvalue weighted by atomic mass is 32.2. The summed E-state index contributed by atoms with van der Waals surface area (Å²) in [5.74, 6) is -0.534. The molecular weight excluding hydrogens is 408 g/mol. The molecule has 158 valence electrons. The molecule has 0 radical (unpaired) electrons. The lowest BCUT2D eigenvalue weighted by molar-refractivity contribution is 0.0603. The maximum absolute atomic E-state index is 13.3. The number of fused-ring (bicyclic) bond motifs is 1. The largest absolute Gasteiger partial charge is 0.497 e. The van der Waals surface area contributed by atoms with Crippen LogP contribution < -0.4 is 9.04 Å². The predicted octanol–water partition coefficient (Wildman–Crippen LogP) is 2.93. The Morgan fingerprint density at radius 2 is 1.67 bits per heavy atom. The van der Waals surface area contributed by atoms with E-state index in [1.54, 1.807) is 48.5 Å². The van der Waals surface area contributed by atoms with Crippen LogP contribution in [0.5, 0.6) is 5.75 Å². The van der Waals surface area contributed by atoms with Gasteiger partial charge in [-0.25, -0.2) is 13.2 Å². The minimum Gasteiger partial charge on any atom is -0.497 e. The molecular formula is C21H22N2O6S. The topological polar surface area (TPSA) is 94.9 Å². The van der Waals surface area contributed by atoms with Gasteiger partial charge in [-0.05, 0) is 37.3 Å². The van der Waals surface area contributed by atoms with E-state index in [2.05, 4.69) is 0 Å². The van der Waals surface area contributed by atoms with E-state index in [0.29, 0.717) is 22.3 Å². The Balaban J connectivity index is 2.09. The highest BCUT2D eigenvalue weighted by molar-refractivity contribution is 7.92. The summed E-state index contributed by atoms with van der Waals surface area (Å²) in [5, 5.41) is 0.542. The molecule has 0 saturated carbocycles. The highest BCUT2D eigenvalue weighted by Crippen LogP contribution is 2.27. The fourth-order valence-electron chi connectivity index (χ4n) is 3.37. The third-order valence-corrected chi connectivity index (χ3v) is 5.99. The van der Waals surface area contributed by atoms with Crippen LogP contribution in [0.25, 0.3) is 10.9 Å². The lowest BCUT2D eigenvalue weighted by Gasteiger charge is -2.28. The van der Waals surface area contributed by atoms with Crippen LogP contribution >= 0.6 is 0 Å². The van der Waals surface area contributed by atoms with Crippen LogP contribution in [0.4, 0.5) is 5.69 Å². The molecule has 8 nitrogen and oxygen atoms in total. The molecule has 0 aliphatic rings. The fraction of sp³-hybridized carbons (Fsp3) is 0.238. The first-order valence-corrected chi connectivity index (χ1v) is 10.9. The van der Waals surface area contributed by atoms with Crippen LogP contribution in [0.3, 0.4) is 0 Å². The maximum atomic E-state index is 13.3. The van der Waals surface area contributed by atoms with Crippen molar-refractivity contribution in [3.8, 4) is 5.75 Å². The van der Waals surface area contributed by atoms with Gasteiger partial charge in [-0.3, -0.25) is 13.7 Å². The van der Waals surface area contributed by atoms with Gasteiger partial charge >= 0.3 is 5.97 Å². The Morgan fingerprint density at radius 1 is 1.03 bits per heavy atom. The summed E-state index contributed by atoms with van der Waals surface area (Å²) in [6, 6.07) is 12.2. The summed E-state index contributed by atoms with van der Waals surface area (Å²) in [6.07, 6.45) is 2.42. The first kappa shape index (κ1) is 21.4. The Hall–Kier alpha value is -3.33. The molecule has 0 spiro atoms. The second kappa shape index (κ2) is 8.19. The molecule has 0 aliphatic heterocycles. The summed E-state index contributed by atoms with van der Waals surface area (Å²) in [6.45, 7) is 1.50. The first-order valence-electron chi connectivity index (χ1n) is 9.05. The number of para-hydroxylation sites is 1. The van der Waals surface area contributed by atoms with Crippen molar-refractivity contribution < 1.29 is 27.5 Å². The van der Waals surface area contributed by atoms with E-state index in [1.807, 2.05) is 0 Å². The number of ether oxygens (including phenoxy) is 2. The van der Waals surface area contributed by atoms with Crippen molar-refractivity contribution in [1.29, 1.82) is 0 Å². The quantitative estimate of drug-likeness (QED) is 0.558. The number of rotatable bonds is 6. The molecule has 1 atom stereocenters. The van der Waals surface area contributed by atoms with Gasteiger partial charge in [-0.1, -0.05) is 18.2 Å². The first-order chi connectivity index (χ1) is 14.2. The number of carbonyl (C=O) groups is 2. The smallest absolute Gasteiger partial charge is 0.340 e. The van der Waals surface area contributed by atoms with Crippen molar-refractivity contribution >= 4 is 38.5 Å². The number of sulfonamides is 1. The van der Waals surface area contributed by atoms with Gasteiger partial charge in [0.1, 0.15) is 11.8 Å². The third-order valence-electron chi connectivity index (χ3n) is 4.75. The number of aromatic nitrogens is 1. The number of nitrogens with zero attached hydrogens (tertiary/aromatic N) is 2. The number of hydrogen-bond donors (Lipinski definition) is 0. The molecule has 1 aromatic heterocycles. The second-order valence-corrected chi connectivity index (χ2v) is 8.55. The number of methoxy groups -OCH3 is 2. The molecule has 0 bridgehead atoms. The fourth-order valence-corrected chi connectivity index (χ4v) is 4.54. The minimum absolute atomic E-state index is 0.226. The SMILES string of the molecule is COC(=O)c1cn(C(=O)[C@H](C)N(c2ccc(OC)cc2)S(C)(=O)=O)c2ccccc12. The van der Waals surface area contributed by atoms with E-state index in [-0.39, 0.29) is 5.56 Å². The second-order valence-electron chi connectivity index (χ2n) is 6.69. The Labute approximate surface area is 174 Å². The van der Waals surface area contributed by atoms with Crippen molar-refractivity contribution in [3.05, 3.63) is 60.3 Å². The van der Waals surface area contributed by atoms with Crippen LogP contribution in [-0.2, 0) is 14.8 Å². The summed E-state index contributed by atoms with van der Waals surface area (Å²) < 4.78 is 37.3. The lowest BCUT2D eigenvalue weighted by atomic mass is 10.2. The predicted molar refractivity (Wildman–Crippen MR) is 114 cm³/mol. The van der Waals surface area contributed by atoms with E-state index < -0.39 is 27.9 Å². The van der Waals surface area contributed by atoms with Crippen LogP contribution in [0.1, 0.15) is 22.1 Å². The van der Waals surface area contributed by atoms with Gasteiger partial charge in [0.25, 0.3) is 5.91 Å². The van der Waals surface area contributed by atoms with Crippen molar-refractivity contribution in [1.82, 2.24) is 4.57 Å². The highest BCUT2D eigenvalue weighted by Gasteiger charge is 2.31. The summed E-state index contributed by atoms with van der Waals surface area (Å²) in [4.78, 5) is 25.5. The Morgan fingerprint density at radius 3 is 2.23 bits per heavy atom. The molecule has 0 saturated heterocycles. The van der Waals surface area contributed by atoms with E-state index in [9.17, 15) is 18.0 Å². The molecule has 0 fully saturated rings. The van der Waals surface area contributed by atoms with Gasteiger partial charge in [-0.2, -0.15) is 0 Å². The van der Waals surface area contributed by atoms with Gasteiger partial charge in [0.15, 0.2) is 0 Å². The van der Waals surface area contributed by atoms with Crippen LogP contribution in [-0.4, -0.2) is 51.4 Å². The maximum Gasteiger partial charge on any atom is 0.340 e. The average Bonchev–Trinajstić information content (AvgIpc) is 3.12. The number of anilines is 1. The van der Waals surface area contributed by atoms with Gasteiger partial charge in [0.05, 0.1) is 37.2 Å². The molecule has 2 aromatic carbocycles. The van der Waals surface area contributed by atoms with Crippen LogP contribution in [0, 0.1) is 0 Å². The molecule has 0 N–H and O–H groups in total. The van der Waals surface area contributed by atoms with Gasteiger partial charge in [0.2, 0.25) is 10.0 Å². The standard InChI is InChI=1S/C21H22N2O6S/c1-14(23(30(4,26)27)15-9-11-16(28-2)12-10-15)20(24)22-13-18(21(25)29-3)17-7-5-6-8-19(17)22/h5-14H,1-4H3/t14-/m0/s1. The van der Waals surface area contributed by atoms with Gasteiger partial charge < -0.3 is 9.47 Å². The zero-order chi connectivity index (χ0) is 22.1. The van der Waals surface area contributed by atoms with Gasteiger partial charge in [0, 0.05) is 11.6 Å². The van der Waals surface area contributed by atoms with Crippen LogP contribution in [0.2, 0.25) is 0 Å². The molecule has 3 aromatic rings. The van der Waals surface area contributed by atoms with Crippen LogP contribution in [0.15, 0.2) is 54.7 Å². The molecule has 3 rings (SSSR count). The van der Waals surface area contributed by atoms with Crippen molar-refractivity contribution in [2.75, 3.05) is 24.8 Å². The van der Waals surface area contributed by atoms with Crippen molar-refractivity contribution in [2.24, 2.45) is 0 Å². The molecule has 9 heteroatoms. The summed E-state index contributed by atoms with van der Waals surface area (Å²) in [7, 11) is -1.03. The van der Waals surface area contributed by atoms with E-state index >= 15 is 0 Å². The third kappa shape index (κ3) is 3.88. The molecule has 0 amide bonds. The minimum atomic E-state index is -3.79. The van der Waals surface area contributed by atoms with Crippen molar-refractivity contribution in [3.63, 3.8) is 0 Å². The summed E-state index contributed by atoms with van der Waals surface area (Å²) in [5.41, 5.74) is 1.03. The molecule has 1 heterocycles. The normalized spacial score (nSPS) is 12.4. The van der Waals surface area contributed by atoms with E-state index in [0.717, 1.165) is 10.6 Å². The Bertz CT molecular complexity index is 1200. The number of benzene rings is 2. The molecule has 0 aliphatic carbocycles. The molecule has 0 unspecified atom stereocenters. The number of carbonyl (C=O) groups excluding carboxylic acids is 2. The zero-order valence-corrected chi connectivity index (χ0v) is 17.8. The summed E-state index contributed by atoms with van der Waals surface area (Å²) >= 11 is 0. The monoisotopic (exact) mass is 430 g/mol.